The van der Waals surface area contributed by atoms with Crippen LogP contribution in [-0.4, -0.2) is 39.6 Å². The molecule has 2 aromatic heterocycles. The van der Waals surface area contributed by atoms with Crippen molar-refractivity contribution in [1.29, 1.82) is 0 Å². The van der Waals surface area contributed by atoms with Gasteiger partial charge in [0, 0.05) is 35.5 Å². The zero-order valence-corrected chi connectivity index (χ0v) is 20.1. The molecule has 1 aliphatic carbocycles. The summed E-state index contributed by atoms with van der Waals surface area (Å²) in [4.78, 5) is 14.0. The lowest BCUT2D eigenvalue weighted by atomic mass is 9.95. The number of hydrogen-bond acceptors (Lipinski definition) is 7. The van der Waals surface area contributed by atoms with Crippen molar-refractivity contribution in [3.05, 3.63) is 46.4 Å². The third-order valence-electron chi connectivity index (χ3n) is 5.95. The number of fused-ring (bicyclic) bond motifs is 1. The highest BCUT2D eigenvalue weighted by molar-refractivity contribution is 7.99. The molecule has 0 radical (unpaired) electrons. The molecular formula is C24H28N4O3S2. The summed E-state index contributed by atoms with van der Waals surface area (Å²) in [6, 6.07) is 10.1. The van der Waals surface area contributed by atoms with Gasteiger partial charge in [-0.05, 0) is 36.4 Å². The number of anilines is 1. The fourth-order valence-corrected chi connectivity index (χ4v) is 5.90. The Labute approximate surface area is 201 Å². The maximum absolute atomic E-state index is 12.7. The molecule has 3 heterocycles. The van der Waals surface area contributed by atoms with Crippen LogP contribution in [0.1, 0.15) is 55.3 Å². The molecule has 1 aliphatic heterocycles. The van der Waals surface area contributed by atoms with Gasteiger partial charge in [0.1, 0.15) is 5.82 Å². The number of benzene rings is 1. The summed E-state index contributed by atoms with van der Waals surface area (Å²) < 4.78 is 13.7. The highest BCUT2D eigenvalue weighted by Gasteiger charge is 2.24. The van der Waals surface area contributed by atoms with Gasteiger partial charge in [-0.1, -0.05) is 37.1 Å². The molecule has 5 rings (SSSR count). The summed E-state index contributed by atoms with van der Waals surface area (Å²) in [6.07, 6.45) is 7.68. The number of amides is 1. The van der Waals surface area contributed by atoms with Crippen LogP contribution in [0, 0.1) is 0 Å². The topological polar surface area (TPSA) is 78.3 Å². The van der Waals surface area contributed by atoms with E-state index in [9.17, 15) is 4.79 Å². The SMILES string of the molecule is O=C(CSc1nnc(Cc2cccs2)n1C1CCCCC1)Nc1ccc2c(c1)OCCCO2. The summed E-state index contributed by atoms with van der Waals surface area (Å²) in [7, 11) is 0. The third-order valence-corrected chi connectivity index (χ3v) is 7.77. The van der Waals surface area contributed by atoms with E-state index in [2.05, 4.69) is 37.6 Å². The summed E-state index contributed by atoms with van der Waals surface area (Å²) in [5, 5.41) is 14.9. The lowest BCUT2D eigenvalue weighted by Gasteiger charge is -2.25. The monoisotopic (exact) mass is 484 g/mol. The van der Waals surface area contributed by atoms with Gasteiger partial charge in [0.05, 0.1) is 19.0 Å². The van der Waals surface area contributed by atoms with Crippen molar-refractivity contribution in [2.45, 2.75) is 56.1 Å². The van der Waals surface area contributed by atoms with Crippen molar-refractivity contribution in [2.75, 3.05) is 24.3 Å². The molecule has 1 N–H and O–H groups in total. The van der Waals surface area contributed by atoms with E-state index >= 15 is 0 Å². The van der Waals surface area contributed by atoms with Gasteiger partial charge in [0.2, 0.25) is 5.91 Å². The highest BCUT2D eigenvalue weighted by atomic mass is 32.2. The molecule has 0 unspecified atom stereocenters. The maximum atomic E-state index is 12.7. The molecule has 0 bridgehead atoms. The molecule has 3 aromatic rings. The standard InChI is InChI=1S/C24H28N4O3S2/c29-23(25-17-9-10-20-21(14-17)31-12-5-11-30-20)16-33-24-27-26-22(15-19-8-4-13-32-19)28(24)18-6-2-1-3-7-18/h4,8-10,13-14,18H,1-3,5-7,11-12,15-16H2,(H,25,29). The number of ether oxygens (including phenoxy) is 2. The summed E-state index contributed by atoms with van der Waals surface area (Å²) in [5.41, 5.74) is 0.706. The molecule has 0 spiro atoms. The Morgan fingerprint density at radius 2 is 1.94 bits per heavy atom. The molecule has 1 aromatic carbocycles. The number of thiophene rings is 1. The molecule has 0 atom stereocenters. The van der Waals surface area contributed by atoms with Crippen LogP contribution in [0.2, 0.25) is 0 Å². The Hall–Kier alpha value is -2.52. The van der Waals surface area contributed by atoms with Gasteiger partial charge in [-0.3, -0.25) is 4.79 Å². The van der Waals surface area contributed by atoms with E-state index in [1.807, 2.05) is 18.2 Å². The summed E-state index contributed by atoms with van der Waals surface area (Å²) in [6.45, 7) is 1.26. The van der Waals surface area contributed by atoms with Crippen LogP contribution in [0.25, 0.3) is 0 Å². The molecular weight excluding hydrogens is 456 g/mol. The average Bonchev–Trinajstić information content (AvgIpc) is 3.43. The van der Waals surface area contributed by atoms with Crippen LogP contribution < -0.4 is 14.8 Å². The van der Waals surface area contributed by atoms with Gasteiger partial charge in [-0.25, -0.2) is 0 Å². The molecule has 1 saturated carbocycles. The summed E-state index contributed by atoms with van der Waals surface area (Å²) >= 11 is 3.20. The Kier molecular flexibility index (Phi) is 7.16. The molecule has 174 valence electrons. The van der Waals surface area contributed by atoms with E-state index in [1.165, 1.54) is 35.9 Å². The van der Waals surface area contributed by atoms with E-state index in [4.69, 9.17) is 9.47 Å². The molecule has 0 saturated heterocycles. The first-order chi connectivity index (χ1) is 16.3. The Morgan fingerprint density at radius 3 is 2.76 bits per heavy atom. The van der Waals surface area contributed by atoms with Gasteiger partial charge in [-0.15, -0.1) is 21.5 Å². The quantitative estimate of drug-likeness (QED) is 0.457. The molecule has 2 aliphatic rings. The first-order valence-corrected chi connectivity index (χ1v) is 13.4. The van der Waals surface area contributed by atoms with Gasteiger partial charge >= 0.3 is 0 Å². The first-order valence-electron chi connectivity index (χ1n) is 11.5. The number of nitrogens with one attached hydrogen (secondary N) is 1. The fraction of sp³-hybridized carbons (Fsp3) is 0.458. The van der Waals surface area contributed by atoms with Gasteiger partial charge in [0.25, 0.3) is 0 Å². The summed E-state index contributed by atoms with van der Waals surface area (Å²) in [5.74, 6) is 2.59. The predicted octanol–water partition coefficient (Wildman–Crippen LogP) is 5.33. The van der Waals surface area contributed by atoms with Crippen LogP contribution in [0.15, 0.2) is 40.9 Å². The number of carbonyl (C=O) groups is 1. The number of rotatable bonds is 7. The lowest BCUT2D eigenvalue weighted by Crippen LogP contribution is -2.18. The number of thioether (sulfide) groups is 1. The van der Waals surface area contributed by atoms with Crippen LogP contribution in [0.5, 0.6) is 11.5 Å². The second-order valence-corrected chi connectivity index (χ2v) is 10.3. The number of hydrogen-bond donors (Lipinski definition) is 1. The zero-order chi connectivity index (χ0) is 22.5. The zero-order valence-electron chi connectivity index (χ0n) is 18.5. The Balaban J connectivity index is 1.26. The van der Waals surface area contributed by atoms with Crippen molar-refractivity contribution in [3.8, 4) is 11.5 Å². The predicted molar refractivity (Wildman–Crippen MR) is 131 cm³/mol. The van der Waals surface area contributed by atoms with E-state index in [0.29, 0.717) is 30.7 Å². The third kappa shape index (κ3) is 5.52. The van der Waals surface area contributed by atoms with Crippen LogP contribution in [-0.2, 0) is 11.2 Å². The van der Waals surface area contributed by atoms with E-state index in [0.717, 1.165) is 42.4 Å². The number of carbonyl (C=O) groups excluding carboxylic acids is 1. The van der Waals surface area contributed by atoms with E-state index in [-0.39, 0.29) is 11.7 Å². The van der Waals surface area contributed by atoms with Gasteiger partial charge < -0.3 is 19.4 Å². The average molecular weight is 485 g/mol. The number of nitrogens with zero attached hydrogens (tertiary/aromatic N) is 3. The minimum Gasteiger partial charge on any atom is -0.490 e. The van der Waals surface area contributed by atoms with Crippen molar-refractivity contribution >= 4 is 34.7 Å². The highest BCUT2D eigenvalue weighted by Crippen LogP contribution is 2.34. The molecule has 7 nitrogen and oxygen atoms in total. The normalized spacial score (nSPS) is 16.4. The van der Waals surface area contributed by atoms with E-state index < -0.39 is 0 Å². The largest absolute Gasteiger partial charge is 0.490 e. The van der Waals surface area contributed by atoms with Crippen molar-refractivity contribution in [1.82, 2.24) is 14.8 Å². The first kappa shape index (κ1) is 22.3. The van der Waals surface area contributed by atoms with Crippen LogP contribution in [0.4, 0.5) is 5.69 Å². The maximum Gasteiger partial charge on any atom is 0.234 e. The Morgan fingerprint density at radius 1 is 1.09 bits per heavy atom. The number of aromatic nitrogens is 3. The minimum absolute atomic E-state index is 0.0764. The molecule has 1 fully saturated rings. The second kappa shape index (κ2) is 10.6. The molecule has 9 heteroatoms. The van der Waals surface area contributed by atoms with Gasteiger partial charge in [0.15, 0.2) is 16.7 Å². The van der Waals surface area contributed by atoms with Crippen molar-refractivity contribution in [3.63, 3.8) is 0 Å². The second-order valence-electron chi connectivity index (χ2n) is 8.37. The van der Waals surface area contributed by atoms with Crippen molar-refractivity contribution in [2.24, 2.45) is 0 Å². The Bertz CT molecular complexity index is 1080. The van der Waals surface area contributed by atoms with Crippen LogP contribution >= 0.6 is 23.1 Å². The van der Waals surface area contributed by atoms with Crippen molar-refractivity contribution < 1.29 is 14.3 Å². The minimum atomic E-state index is -0.0764. The van der Waals surface area contributed by atoms with Gasteiger partial charge in [-0.2, -0.15) is 0 Å². The molecule has 33 heavy (non-hydrogen) atoms. The lowest BCUT2D eigenvalue weighted by molar-refractivity contribution is -0.113. The van der Waals surface area contributed by atoms with Crippen LogP contribution in [0.3, 0.4) is 0 Å². The fourth-order valence-electron chi connectivity index (χ4n) is 4.37. The smallest absolute Gasteiger partial charge is 0.234 e. The van der Waals surface area contributed by atoms with E-state index in [1.54, 1.807) is 11.3 Å². The molecule has 1 amide bonds.